The van der Waals surface area contributed by atoms with E-state index in [-0.39, 0.29) is 17.4 Å². The Labute approximate surface area is 110 Å². The van der Waals surface area contributed by atoms with Crippen LogP contribution < -0.4 is 10.6 Å². The van der Waals surface area contributed by atoms with Crippen molar-refractivity contribution in [1.29, 1.82) is 0 Å². The van der Waals surface area contributed by atoms with Gasteiger partial charge in [-0.1, -0.05) is 19.8 Å². The van der Waals surface area contributed by atoms with E-state index in [0.29, 0.717) is 5.92 Å². The summed E-state index contributed by atoms with van der Waals surface area (Å²) >= 11 is 0. The first-order chi connectivity index (χ1) is 8.55. The molecule has 0 aromatic carbocycles. The molecule has 0 unspecified atom stereocenters. The van der Waals surface area contributed by atoms with Crippen LogP contribution in [0, 0.1) is 11.8 Å². The lowest BCUT2D eigenvalue weighted by Crippen LogP contribution is -2.52. The van der Waals surface area contributed by atoms with Crippen molar-refractivity contribution in [2.45, 2.75) is 38.1 Å². The van der Waals surface area contributed by atoms with E-state index >= 15 is 0 Å². The van der Waals surface area contributed by atoms with E-state index in [9.17, 15) is 4.79 Å². The maximum absolute atomic E-state index is 12.2. The number of hydrogen-bond donors (Lipinski definition) is 2. The van der Waals surface area contributed by atoms with Crippen LogP contribution in [-0.2, 0) is 4.79 Å². The predicted octanol–water partition coefficient (Wildman–Crippen LogP) is 0.833. The van der Waals surface area contributed by atoms with Gasteiger partial charge in [-0.15, -0.1) is 0 Å². The second kappa shape index (κ2) is 5.57. The van der Waals surface area contributed by atoms with Gasteiger partial charge in [0.05, 0.1) is 5.92 Å². The van der Waals surface area contributed by atoms with Crippen molar-refractivity contribution in [3.05, 3.63) is 0 Å². The van der Waals surface area contributed by atoms with E-state index in [4.69, 9.17) is 0 Å². The molecule has 2 N–H and O–H groups in total. The van der Waals surface area contributed by atoms with Gasteiger partial charge in [0, 0.05) is 18.6 Å². The molecule has 1 saturated carbocycles. The van der Waals surface area contributed by atoms with Gasteiger partial charge in [-0.2, -0.15) is 0 Å². The molecule has 2 fully saturated rings. The zero-order valence-electron chi connectivity index (χ0n) is 12.0. The molecule has 0 spiro atoms. The van der Waals surface area contributed by atoms with Crippen LogP contribution in [-0.4, -0.2) is 50.1 Å². The van der Waals surface area contributed by atoms with Crippen LogP contribution in [0.1, 0.15) is 32.6 Å². The summed E-state index contributed by atoms with van der Waals surface area (Å²) in [6.07, 6.45) is 4.99. The fourth-order valence-corrected chi connectivity index (χ4v) is 3.36. The van der Waals surface area contributed by atoms with Crippen molar-refractivity contribution in [2.24, 2.45) is 11.8 Å². The van der Waals surface area contributed by atoms with E-state index in [1.807, 2.05) is 0 Å². The van der Waals surface area contributed by atoms with Crippen LogP contribution in [0.15, 0.2) is 0 Å². The fourth-order valence-electron chi connectivity index (χ4n) is 3.36. The molecule has 1 aliphatic heterocycles. The summed E-state index contributed by atoms with van der Waals surface area (Å²) in [4.78, 5) is 14.5. The van der Waals surface area contributed by atoms with Crippen LogP contribution in [0.3, 0.4) is 0 Å². The van der Waals surface area contributed by atoms with Crippen LogP contribution in [0.5, 0.6) is 0 Å². The predicted molar refractivity (Wildman–Crippen MR) is 73.4 cm³/mol. The van der Waals surface area contributed by atoms with Crippen molar-refractivity contribution < 1.29 is 4.79 Å². The molecule has 2 aliphatic rings. The molecule has 0 bridgehead atoms. The third-order valence-corrected chi connectivity index (χ3v) is 4.93. The number of carbonyl (C=O) groups is 1. The first-order valence-electron chi connectivity index (χ1n) is 7.21. The Morgan fingerprint density at radius 3 is 2.50 bits per heavy atom. The minimum absolute atomic E-state index is 0.158. The van der Waals surface area contributed by atoms with Gasteiger partial charge in [0.25, 0.3) is 0 Å². The summed E-state index contributed by atoms with van der Waals surface area (Å²) < 4.78 is 0. The molecule has 0 aromatic heterocycles. The van der Waals surface area contributed by atoms with Crippen LogP contribution >= 0.6 is 0 Å². The topological polar surface area (TPSA) is 44.4 Å². The smallest absolute Gasteiger partial charge is 0.224 e. The molecule has 4 nitrogen and oxygen atoms in total. The summed E-state index contributed by atoms with van der Waals surface area (Å²) in [6, 6.07) is 0. The van der Waals surface area contributed by atoms with Gasteiger partial charge >= 0.3 is 0 Å². The van der Waals surface area contributed by atoms with E-state index < -0.39 is 0 Å². The molecule has 18 heavy (non-hydrogen) atoms. The van der Waals surface area contributed by atoms with Crippen molar-refractivity contribution in [3.63, 3.8) is 0 Å². The molecular weight excluding hydrogens is 226 g/mol. The number of nitrogens with zero attached hydrogens (tertiary/aromatic N) is 1. The number of hydrogen-bond acceptors (Lipinski definition) is 3. The Morgan fingerprint density at radius 2 is 2.00 bits per heavy atom. The van der Waals surface area contributed by atoms with E-state index in [1.165, 1.54) is 25.7 Å². The normalized spacial score (nSPS) is 30.9. The second-order valence-electron chi connectivity index (χ2n) is 6.29. The van der Waals surface area contributed by atoms with E-state index in [1.54, 1.807) is 0 Å². The highest BCUT2D eigenvalue weighted by Crippen LogP contribution is 2.33. The molecular formula is C14H27N3O. The number of amides is 1. The zero-order valence-corrected chi connectivity index (χ0v) is 12.0. The largest absolute Gasteiger partial charge is 0.354 e. The Kier molecular flexibility index (Phi) is 4.28. The molecule has 1 saturated heterocycles. The molecule has 104 valence electrons. The van der Waals surface area contributed by atoms with Crippen molar-refractivity contribution in [1.82, 2.24) is 15.5 Å². The van der Waals surface area contributed by atoms with Crippen molar-refractivity contribution >= 4 is 5.91 Å². The van der Waals surface area contributed by atoms with Crippen molar-refractivity contribution in [2.75, 3.05) is 33.7 Å². The van der Waals surface area contributed by atoms with Gasteiger partial charge in [0.15, 0.2) is 0 Å². The molecule has 4 heteroatoms. The van der Waals surface area contributed by atoms with E-state index in [2.05, 4.69) is 36.6 Å². The highest BCUT2D eigenvalue weighted by molar-refractivity contribution is 5.79. The average Bonchev–Trinajstić information content (AvgIpc) is 2.95. The lowest BCUT2D eigenvalue weighted by atomic mass is 9.94. The second-order valence-corrected chi connectivity index (χ2v) is 6.29. The molecule has 1 amide bonds. The first-order valence-corrected chi connectivity index (χ1v) is 7.21. The number of rotatable bonds is 4. The number of likely N-dealkylation sites (N-methyl/N-ethyl adjacent to an activating group) is 1. The van der Waals surface area contributed by atoms with Gasteiger partial charge in [-0.25, -0.2) is 0 Å². The number of carbonyl (C=O) groups excluding carboxylic acids is 1. The molecule has 0 aromatic rings. The Hall–Kier alpha value is -0.610. The molecule has 1 heterocycles. The van der Waals surface area contributed by atoms with Crippen LogP contribution in [0.25, 0.3) is 0 Å². The lowest BCUT2D eigenvalue weighted by molar-refractivity contribution is -0.126. The SMILES string of the molecule is C[C@@H]1CNC[C@H]1C(=O)NCC1(N(C)C)CCCC1. The highest BCUT2D eigenvalue weighted by atomic mass is 16.1. The Morgan fingerprint density at radius 1 is 1.33 bits per heavy atom. The van der Waals surface area contributed by atoms with Gasteiger partial charge < -0.3 is 15.5 Å². The molecule has 2 rings (SSSR count). The zero-order chi connectivity index (χ0) is 13.2. The highest BCUT2D eigenvalue weighted by Gasteiger charge is 2.37. The molecule has 1 aliphatic carbocycles. The Balaban J connectivity index is 1.88. The minimum atomic E-state index is 0.158. The maximum atomic E-state index is 12.2. The summed E-state index contributed by atoms with van der Waals surface area (Å²) in [6.45, 7) is 4.77. The summed E-state index contributed by atoms with van der Waals surface area (Å²) in [5, 5.41) is 6.49. The minimum Gasteiger partial charge on any atom is -0.354 e. The maximum Gasteiger partial charge on any atom is 0.224 e. The van der Waals surface area contributed by atoms with Crippen LogP contribution in [0.2, 0.25) is 0 Å². The third kappa shape index (κ3) is 2.69. The summed E-state index contributed by atoms with van der Waals surface area (Å²) in [7, 11) is 4.27. The monoisotopic (exact) mass is 253 g/mol. The van der Waals surface area contributed by atoms with Gasteiger partial charge in [-0.05, 0) is 39.4 Å². The lowest BCUT2D eigenvalue weighted by Gasteiger charge is -2.36. The van der Waals surface area contributed by atoms with Gasteiger partial charge in [-0.3, -0.25) is 4.79 Å². The van der Waals surface area contributed by atoms with Crippen LogP contribution in [0.4, 0.5) is 0 Å². The molecule has 2 atom stereocenters. The fraction of sp³-hybridized carbons (Fsp3) is 0.929. The third-order valence-electron chi connectivity index (χ3n) is 4.93. The Bertz CT molecular complexity index is 297. The van der Waals surface area contributed by atoms with Crippen molar-refractivity contribution in [3.8, 4) is 0 Å². The van der Waals surface area contributed by atoms with Gasteiger partial charge in [0.2, 0.25) is 5.91 Å². The summed E-state index contributed by atoms with van der Waals surface area (Å²) in [5.74, 6) is 0.857. The number of nitrogens with one attached hydrogen (secondary N) is 2. The van der Waals surface area contributed by atoms with Gasteiger partial charge in [0.1, 0.15) is 0 Å². The first kappa shape index (κ1) is 13.8. The average molecular weight is 253 g/mol. The summed E-state index contributed by atoms with van der Waals surface area (Å²) in [5.41, 5.74) is 0.199. The molecule has 0 radical (unpaired) electrons. The quantitative estimate of drug-likeness (QED) is 0.780. The standard InChI is InChI=1S/C14H27N3O/c1-11-8-15-9-12(11)13(18)16-10-14(17(2)3)6-4-5-7-14/h11-12,15H,4-10H2,1-3H3,(H,16,18)/t11-,12-/m1/s1. The van der Waals surface area contributed by atoms with E-state index in [0.717, 1.165) is 19.6 Å².